The zero-order valence-corrected chi connectivity index (χ0v) is 18.0. The fourth-order valence-corrected chi connectivity index (χ4v) is 3.39. The lowest BCUT2D eigenvalue weighted by Crippen LogP contribution is -2.27. The van der Waals surface area contributed by atoms with Crippen LogP contribution in [0.1, 0.15) is 20.8 Å². The van der Waals surface area contributed by atoms with Crippen molar-refractivity contribution in [3.63, 3.8) is 0 Å². The average molecular weight is 434 g/mol. The molecule has 0 fully saturated rings. The normalized spacial score (nSPS) is 11.4. The van der Waals surface area contributed by atoms with Gasteiger partial charge >= 0.3 is 0 Å². The van der Waals surface area contributed by atoms with Crippen molar-refractivity contribution in [3.05, 3.63) is 69.8 Å². The number of hydrogen-bond donors (Lipinski definition) is 1. The maximum Gasteiger partial charge on any atom is 0.229 e. The van der Waals surface area contributed by atoms with E-state index >= 15 is 0 Å². The Morgan fingerprint density at radius 1 is 0.929 bits per heavy atom. The van der Waals surface area contributed by atoms with Crippen LogP contribution in [0.4, 0.5) is 5.69 Å². The molecule has 0 saturated heterocycles. The second-order valence-electron chi connectivity index (χ2n) is 7.43. The molecular formula is C22H19Cl3N2O. The minimum atomic E-state index is -0.481. The highest BCUT2D eigenvalue weighted by Crippen LogP contribution is 2.41. The Kier molecular flexibility index (Phi) is 5.99. The Morgan fingerprint density at radius 2 is 1.61 bits per heavy atom. The number of carbonyl (C=O) groups is 1. The number of hydrogen-bond acceptors (Lipinski definition) is 2. The summed E-state index contributed by atoms with van der Waals surface area (Å²) in [6.45, 7) is 5.57. The molecule has 6 heteroatoms. The van der Waals surface area contributed by atoms with Gasteiger partial charge in [0.25, 0.3) is 0 Å². The van der Waals surface area contributed by atoms with Crippen LogP contribution < -0.4 is 5.32 Å². The summed E-state index contributed by atoms with van der Waals surface area (Å²) in [5, 5.41) is 4.55. The minimum Gasteiger partial charge on any atom is -0.324 e. The number of aromatic nitrogens is 1. The van der Waals surface area contributed by atoms with Gasteiger partial charge in [-0.05, 0) is 42.0 Å². The largest absolute Gasteiger partial charge is 0.324 e. The molecule has 2 aromatic carbocycles. The molecule has 3 aromatic rings. The van der Waals surface area contributed by atoms with Gasteiger partial charge in [-0.15, -0.1) is 0 Å². The van der Waals surface area contributed by atoms with E-state index in [2.05, 4.69) is 10.3 Å². The van der Waals surface area contributed by atoms with Crippen molar-refractivity contribution in [2.45, 2.75) is 20.8 Å². The molecule has 0 radical (unpaired) electrons. The third-order valence-electron chi connectivity index (χ3n) is 4.20. The lowest BCUT2D eigenvalue weighted by atomic mass is 9.95. The number of pyridine rings is 1. The molecule has 144 valence electrons. The van der Waals surface area contributed by atoms with Crippen LogP contribution in [0.3, 0.4) is 0 Å². The van der Waals surface area contributed by atoms with E-state index in [4.69, 9.17) is 34.8 Å². The first-order valence-electron chi connectivity index (χ1n) is 8.68. The van der Waals surface area contributed by atoms with Crippen LogP contribution in [0.2, 0.25) is 15.1 Å². The number of nitrogens with zero attached hydrogens (tertiary/aromatic N) is 1. The van der Waals surface area contributed by atoms with E-state index in [1.54, 1.807) is 30.5 Å². The van der Waals surface area contributed by atoms with Crippen molar-refractivity contribution in [2.75, 3.05) is 5.32 Å². The summed E-state index contributed by atoms with van der Waals surface area (Å²) in [6, 6.07) is 14.6. The van der Waals surface area contributed by atoms with Gasteiger partial charge < -0.3 is 5.32 Å². The maximum atomic E-state index is 12.1. The zero-order valence-electron chi connectivity index (χ0n) is 15.7. The fraction of sp³-hybridized carbons (Fsp3) is 0.182. The topological polar surface area (TPSA) is 42.0 Å². The van der Waals surface area contributed by atoms with Crippen LogP contribution in [-0.2, 0) is 4.79 Å². The Hall–Kier alpha value is -2.07. The maximum absolute atomic E-state index is 12.1. The van der Waals surface area contributed by atoms with E-state index in [-0.39, 0.29) is 5.91 Å². The van der Waals surface area contributed by atoms with Gasteiger partial charge in [-0.25, -0.2) is 0 Å². The van der Waals surface area contributed by atoms with Gasteiger partial charge in [0.1, 0.15) is 0 Å². The first-order valence-corrected chi connectivity index (χ1v) is 9.82. The van der Waals surface area contributed by atoms with Crippen molar-refractivity contribution in [1.29, 1.82) is 0 Å². The molecule has 0 aliphatic heterocycles. The van der Waals surface area contributed by atoms with Gasteiger partial charge in [-0.3, -0.25) is 9.78 Å². The average Bonchev–Trinajstić information content (AvgIpc) is 2.63. The Balaban J connectivity index is 1.95. The molecule has 0 atom stereocenters. The van der Waals surface area contributed by atoms with Crippen LogP contribution >= 0.6 is 34.8 Å². The Morgan fingerprint density at radius 3 is 2.18 bits per heavy atom. The summed E-state index contributed by atoms with van der Waals surface area (Å²) < 4.78 is 0. The quantitative estimate of drug-likeness (QED) is 0.469. The number of halogens is 3. The molecule has 0 spiro atoms. The van der Waals surface area contributed by atoms with E-state index in [1.165, 1.54) is 0 Å². The Bertz CT molecular complexity index is 1010. The molecular weight excluding hydrogens is 415 g/mol. The summed E-state index contributed by atoms with van der Waals surface area (Å²) >= 11 is 19.1. The van der Waals surface area contributed by atoms with Gasteiger partial charge in [-0.2, -0.15) is 0 Å². The lowest BCUT2D eigenvalue weighted by molar-refractivity contribution is -0.123. The van der Waals surface area contributed by atoms with Crippen LogP contribution in [0.5, 0.6) is 0 Å². The predicted molar refractivity (Wildman–Crippen MR) is 118 cm³/mol. The second-order valence-corrected chi connectivity index (χ2v) is 8.65. The molecule has 0 aliphatic rings. The number of amides is 1. The van der Waals surface area contributed by atoms with E-state index in [0.717, 1.165) is 16.7 Å². The summed E-state index contributed by atoms with van der Waals surface area (Å²) in [5.74, 6) is -0.0726. The fourth-order valence-electron chi connectivity index (χ4n) is 2.58. The molecule has 0 saturated carbocycles. The smallest absolute Gasteiger partial charge is 0.229 e. The summed E-state index contributed by atoms with van der Waals surface area (Å²) in [7, 11) is 0. The van der Waals surface area contributed by atoms with Gasteiger partial charge in [0, 0.05) is 26.6 Å². The van der Waals surface area contributed by atoms with Gasteiger partial charge in [0.05, 0.1) is 22.6 Å². The number of carbonyl (C=O) groups excluding carboxylic acids is 1. The van der Waals surface area contributed by atoms with E-state index in [1.807, 2.05) is 45.0 Å². The molecule has 0 bridgehead atoms. The predicted octanol–water partition coefficient (Wildman–Crippen LogP) is 7.36. The molecule has 3 nitrogen and oxygen atoms in total. The second kappa shape index (κ2) is 8.12. The first-order chi connectivity index (χ1) is 13.2. The molecule has 1 N–H and O–H groups in total. The molecule has 3 rings (SSSR count). The highest BCUT2D eigenvalue weighted by molar-refractivity contribution is 6.41. The number of nitrogens with one attached hydrogen (secondary N) is 1. The van der Waals surface area contributed by atoms with E-state index < -0.39 is 5.41 Å². The van der Waals surface area contributed by atoms with Crippen molar-refractivity contribution < 1.29 is 4.79 Å². The molecule has 1 heterocycles. The Labute approximate surface area is 179 Å². The summed E-state index contributed by atoms with van der Waals surface area (Å²) in [4.78, 5) is 16.6. The molecule has 1 amide bonds. The minimum absolute atomic E-state index is 0.0726. The molecule has 0 aliphatic carbocycles. The standard InChI is InChI=1S/C22H19Cl3N2O/c1-22(2,3)21(28)27-15-8-11-18(26-12-15)16-9-10-17(24)19(20(16)25)13-4-6-14(23)7-5-13/h4-12H,1-3H3,(H,27,28). The third kappa shape index (κ3) is 4.49. The highest BCUT2D eigenvalue weighted by atomic mass is 35.5. The third-order valence-corrected chi connectivity index (χ3v) is 5.16. The van der Waals surface area contributed by atoms with Crippen molar-refractivity contribution in [3.8, 4) is 22.4 Å². The summed E-state index contributed by atoms with van der Waals surface area (Å²) in [6.07, 6.45) is 1.62. The van der Waals surface area contributed by atoms with Crippen molar-refractivity contribution in [2.24, 2.45) is 5.41 Å². The van der Waals surface area contributed by atoms with E-state index in [0.29, 0.717) is 26.4 Å². The van der Waals surface area contributed by atoms with Crippen molar-refractivity contribution >= 4 is 46.4 Å². The van der Waals surface area contributed by atoms with Crippen LogP contribution in [0.25, 0.3) is 22.4 Å². The van der Waals surface area contributed by atoms with Gasteiger partial charge in [0.15, 0.2) is 0 Å². The monoisotopic (exact) mass is 432 g/mol. The highest BCUT2D eigenvalue weighted by Gasteiger charge is 2.21. The van der Waals surface area contributed by atoms with Crippen LogP contribution in [0.15, 0.2) is 54.7 Å². The van der Waals surface area contributed by atoms with Gasteiger partial charge in [-0.1, -0.05) is 67.7 Å². The van der Waals surface area contributed by atoms with Crippen molar-refractivity contribution in [1.82, 2.24) is 4.98 Å². The zero-order chi connectivity index (χ0) is 20.5. The summed E-state index contributed by atoms with van der Waals surface area (Å²) in [5.41, 5.74) is 3.19. The van der Waals surface area contributed by atoms with Gasteiger partial charge in [0.2, 0.25) is 5.91 Å². The molecule has 0 unspecified atom stereocenters. The molecule has 28 heavy (non-hydrogen) atoms. The number of rotatable bonds is 3. The first kappa shape index (κ1) is 20.7. The molecule has 1 aromatic heterocycles. The van der Waals surface area contributed by atoms with E-state index in [9.17, 15) is 4.79 Å². The number of anilines is 1. The van der Waals surface area contributed by atoms with Crippen LogP contribution in [0, 0.1) is 5.41 Å². The lowest BCUT2D eigenvalue weighted by Gasteiger charge is -2.17. The van der Waals surface area contributed by atoms with Crippen LogP contribution in [-0.4, -0.2) is 10.9 Å². The number of benzene rings is 2. The SMILES string of the molecule is CC(C)(C)C(=O)Nc1ccc(-c2ccc(Cl)c(-c3ccc(Cl)cc3)c2Cl)nc1.